The third kappa shape index (κ3) is 5.16. The van der Waals surface area contributed by atoms with E-state index in [2.05, 4.69) is 30.6 Å². The summed E-state index contributed by atoms with van der Waals surface area (Å²) < 4.78 is 35.0. The Morgan fingerprint density at radius 2 is 1.67 bits per heavy atom. The summed E-state index contributed by atoms with van der Waals surface area (Å²) in [6, 6.07) is 12.3. The Labute approximate surface area is 246 Å². The maximum absolute atomic E-state index is 13.4. The molecule has 2 aliphatic rings. The van der Waals surface area contributed by atoms with Gasteiger partial charge < -0.3 is 19.8 Å². The molecule has 0 bridgehead atoms. The number of carbonyl (C=O) groups excluding carboxylic acids is 1. The molecular formula is C30H39N5O6S. The second-order valence-corrected chi connectivity index (χ2v) is 14.9. The molecule has 1 saturated heterocycles. The minimum Gasteiger partial charge on any atom is -0.420 e. The van der Waals surface area contributed by atoms with Gasteiger partial charge in [-0.25, -0.2) is 22.8 Å². The number of benzene rings is 1. The number of anilines is 1. The average molecular weight is 598 g/mol. The van der Waals surface area contributed by atoms with E-state index in [4.69, 9.17) is 9.72 Å². The minimum absolute atomic E-state index is 0.00671. The number of pyridine rings is 1. The van der Waals surface area contributed by atoms with E-state index < -0.39 is 27.8 Å². The van der Waals surface area contributed by atoms with Gasteiger partial charge in [-0.05, 0) is 61.3 Å². The first-order valence-electron chi connectivity index (χ1n) is 14.0. The highest BCUT2D eigenvalue weighted by molar-refractivity contribution is 7.90. The Kier molecular flexibility index (Phi) is 6.99. The molecule has 3 heterocycles. The summed E-state index contributed by atoms with van der Waals surface area (Å²) in [7, 11) is -4.11. The maximum Gasteiger partial charge on any atom is 0.327 e. The topological polar surface area (TPSA) is 147 Å². The molecule has 42 heavy (non-hydrogen) atoms. The Bertz CT molecular complexity index is 1600. The van der Waals surface area contributed by atoms with E-state index in [0.717, 1.165) is 6.42 Å². The van der Waals surface area contributed by atoms with Crippen LogP contribution in [0.1, 0.15) is 65.2 Å². The van der Waals surface area contributed by atoms with Gasteiger partial charge in [0, 0.05) is 24.3 Å². The lowest BCUT2D eigenvalue weighted by Crippen LogP contribution is -2.41. The number of aliphatic hydroxyl groups is 2. The first kappa shape index (κ1) is 30.0. The summed E-state index contributed by atoms with van der Waals surface area (Å²) in [5.74, 6) is -2.78. The Morgan fingerprint density at radius 1 is 1.02 bits per heavy atom. The minimum atomic E-state index is -4.11. The normalized spacial score (nSPS) is 21.3. The van der Waals surface area contributed by atoms with Gasteiger partial charge in [0.05, 0.1) is 16.4 Å². The van der Waals surface area contributed by atoms with Gasteiger partial charge in [-0.2, -0.15) is 0 Å². The molecule has 12 heteroatoms. The molecule has 226 valence electrons. The van der Waals surface area contributed by atoms with Crippen LogP contribution >= 0.6 is 0 Å². The Hall–Kier alpha value is -3.48. The molecule has 1 aromatic carbocycles. The van der Waals surface area contributed by atoms with Crippen LogP contribution in [0.5, 0.6) is 5.88 Å². The predicted molar refractivity (Wildman–Crippen MR) is 157 cm³/mol. The van der Waals surface area contributed by atoms with E-state index in [1.54, 1.807) is 30.5 Å². The molecular weight excluding hydrogens is 558 g/mol. The highest BCUT2D eigenvalue weighted by Gasteiger charge is 2.74. The second kappa shape index (κ2) is 9.78. The summed E-state index contributed by atoms with van der Waals surface area (Å²) in [5, 5.41) is 25.9. The quantitative estimate of drug-likeness (QED) is 0.331. The van der Waals surface area contributed by atoms with Crippen LogP contribution in [0.3, 0.4) is 0 Å². The number of amides is 1. The van der Waals surface area contributed by atoms with Crippen molar-refractivity contribution in [3.05, 3.63) is 60.3 Å². The fourth-order valence-electron chi connectivity index (χ4n) is 6.58. The van der Waals surface area contributed by atoms with Crippen molar-refractivity contribution in [3.63, 3.8) is 0 Å². The zero-order chi connectivity index (χ0) is 30.9. The van der Waals surface area contributed by atoms with Crippen molar-refractivity contribution in [2.45, 2.75) is 71.3 Å². The number of hydrogen-bond donors (Lipinski definition) is 3. The molecule has 0 unspecified atom stereocenters. The lowest BCUT2D eigenvalue weighted by atomic mass is 9.97. The van der Waals surface area contributed by atoms with Crippen molar-refractivity contribution in [3.8, 4) is 11.7 Å². The number of hydrogen-bond acceptors (Lipinski definition) is 9. The molecule has 1 atom stereocenters. The van der Waals surface area contributed by atoms with E-state index in [1.807, 2.05) is 32.6 Å². The fourth-order valence-corrected chi connectivity index (χ4v) is 7.57. The monoisotopic (exact) mass is 597 g/mol. The van der Waals surface area contributed by atoms with Crippen molar-refractivity contribution >= 4 is 21.7 Å². The van der Waals surface area contributed by atoms with Gasteiger partial charge in [0.15, 0.2) is 5.82 Å². The van der Waals surface area contributed by atoms with E-state index in [0.29, 0.717) is 24.1 Å². The molecule has 1 aliphatic carbocycles. The number of aromatic nitrogens is 3. The first-order valence-corrected chi connectivity index (χ1v) is 15.5. The van der Waals surface area contributed by atoms with Crippen molar-refractivity contribution in [1.29, 1.82) is 0 Å². The van der Waals surface area contributed by atoms with Gasteiger partial charge >= 0.3 is 5.97 Å². The summed E-state index contributed by atoms with van der Waals surface area (Å²) in [4.78, 5) is 20.2. The summed E-state index contributed by atoms with van der Waals surface area (Å²) in [5.41, 5.74) is -0.945. The summed E-state index contributed by atoms with van der Waals surface area (Å²) >= 11 is 0. The number of nitrogens with zero attached hydrogens (tertiary/aromatic N) is 4. The lowest BCUT2D eigenvalue weighted by molar-refractivity contribution is -0.314. The number of ether oxygens (including phenoxy) is 1. The van der Waals surface area contributed by atoms with Crippen molar-refractivity contribution in [2.75, 3.05) is 11.4 Å². The molecule has 0 radical (unpaired) electrons. The van der Waals surface area contributed by atoms with Gasteiger partial charge in [-0.15, -0.1) is 5.10 Å². The van der Waals surface area contributed by atoms with Crippen LogP contribution < -0.4 is 14.4 Å². The number of sulfonamides is 1. The van der Waals surface area contributed by atoms with E-state index >= 15 is 0 Å². The van der Waals surface area contributed by atoms with Crippen LogP contribution in [0.2, 0.25) is 0 Å². The average Bonchev–Trinajstić information content (AvgIpc) is 3.21. The van der Waals surface area contributed by atoms with Gasteiger partial charge in [0.1, 0.15) is 5.82 Å². The Balaban J connectivity index is 1.47. The van der Waals surface area contributed by atoms with Crippen molar-refractivity contribution in [2.24, 2.45) is 22.7 Å². The number of rotatable bonds is 8. The van der Waals surface area contributed by atoms with E-state index in [1.165, 1.54) is 28.9 Å². The van der Waals surface area contributed by atoms with Gasteiger partial charge in [-0.1, -0.05) is 52.8 Å². The zero-order valence-corrected chi connectivity index (χ0v) is 25.8. The summed E-state index contributed by atoms with van der Waals surface area (Å²) in [6.07, 6.45) is 2.42. The van der Waals surface area contributed by atoms with Crippen LogP contribution in [0.15, 0.2) is 59.6 Å². The number of carbonyl (C=O) groups is 1. The summed E-state index contributed by atoms with van der Waals surface area (Å²) in [6.45, 7) is 14.6. The molecule has 2 aromatic heterocycles. The molecule has 3 N–H and O–H groups in total. The van der Waals surface area contributed by atoms with Crippen LogP contribution in [0.25, 0.3) is 5.82 Å². The van der Waals surface area contributed by atoms with Crippen LogP contribution in [-0.4, -0.2) is 57.4 Å². The molecule has 1 aliphatic heterocycles. The highest BCUT2D eigenvalue weighted by Crippen LogP contribution is 2.71. The van der Waals surface area contributed by atoms with E-state index in [-0.39, 0.29) is 32.7 Å². The van der Waals surface area contributed by atoms with Crippen molar-refractivity contribution in [1.82, 2.24) is 19.5 Å². The third-order valence-electron chi connectivity index (χ3n) is 9.17. The van der Waals surface area contributed by atoms with Gasteiger partial charge in [0.2, 0.25) is 5.88 Å². The molecule has 3 aromatic rings. The third-order valence-corrected chi connectivity index (χ3v) is 10.5. The fraction of sp³-hybridized carbons (Fsp3) is 0.500. The second-order valence-electron chi connectivity index (χ2n) is 13.3. The first-order chi connectivity index (χ1) is 19.4. The van der Waals surface area contributed by atoms with Crippen LogP contribution in [0.4, 0.5) is 5.82 Å². The number of nitrogens with one attached hydrogen (secondary N) is 1. The molecule has 0 spiro atoms. The van der Waals surface area contributed by atoms with Gasteiger partial charge in [-0.3, -0.25) is 4.79 Å². The standard InChI is InChI=1S/C30H39N5O6S/c1-19-17-27(2,3)34(18-19)24-21(25(36)33-42(39,40)20-11-9-8-10-12-20)13-14-22(31-24)35-16-15-23(32-35)41-30(37,38)26-28(4,5)29(26,6)7/h8-16,19,26,37-38H,17-18H2,1-7H3,(H,33,36)/t19-/m0/s1. The lowest BCUT2D eigenvalue weighted by Gasteiger charge is -2.34. The molecule has 1 amide bonds. The highest BCUT2D eigenvalue weighted by atomic mass is 32.2. The van der Waals surface area contributed by atoms with Gasteiger partial charge in [0.25, 0.3) is 15.9 Å². The predicted octanol–water partition coefficient (Wildman–Crippen LogP) is 3.71. The smallest absolute Gasteiger partial charge is 0.327 e. The maximum atomic E-state index is 13.4. The largest absolute Gasteiger partial charge is 0.420 e. The molecule has 1 saturated carbocycles. The Morgan fingerprint density at radius 3 is 2.24 bits per heavy atom. The van der Waals surface area contributed by atoms with Crippen molar-refractivity contribution < 1.29 is 28.2 Å². The molecule has 11 nitrogen and oxygen atoms in total. The van der Waals surface area contributed by atoms with Crippen LogP contribution in [0, 0.1) is 22.7 Å². The molecule has 5 rings (SSSR count). The zero-order valence-electron chi connectivity index (χ0n) is 25.0. The SMILES string of the molecule is C[C@@H]1CN(c2nc(-n3ccc(OC(O)(O)C4C(C)(C)C4(C)C)n3)ccc2C(=O)NS(=O)(=O)c2ccccc2)C(C)(C)C1. The van der Waals surface area contributed by atoms with Crippen LogP contribution in [-0.2, 0) is 10.0 Å². The molecule has 2 fully saturated rings. The van der Waals surface area contributed by atoms with E-state index in [9.17, 15) is 23.4 Å².